The third-order valence-corrected chi connectivity index (χ3v) is 1.73. The molecule has 0 N–H and O–H groups in total. The van der Waals surface area contributed by atoms with E-state index in [0.717, 1.165) is 12.2 Å². The molecular formula is C12H18O5. The zero-order valence-corrected chi connectivity index (χ0v) is 10.2. The maximum Gasteiger partial charge on any atom is 0.330 e. The van der Waals surface area contributed by atoms with E-state index in [4.69, 9.17) is 14.2 Å². The summed E-state index contributed by atoms with van der Waals surface area (Å²) in [5, 5.41) is 0. The van der Waals surface area contributed by atoms with Gasteiger partial charge in [-0.25, -0.2) is 9.59 Å². The average Bonchev–Trinajstić information content (AvgIpc) is 2.32. The Hall–Kier alpha value is -1.62. The molecule has 0 saturated heterocycles. The van der Waals surface area contributed by atoms with E-state index in [2.05, 4.69) is 13.2 Å². The van der Waals surface area contributed by atoms with Crippen molar-refractivity contribution in [2.45, 2.75) is 26.1 Å². The Labute approximate surface area is 101 Å². The van der Waals surface area contributed by atoms with Crippen LogP contribution in [0.25, 0.3) is 0 Å². The molecular weight excluding hydrogens is 224 g/mol. The van der Waals surface area contributed by atoms with E-state index < -0.39 is 11.9 Å². The Morgan fingerprint density at radius 1 is 1.06 bits per heavy atom. The molecule has 0 aromatic heterocycles. The van der Waals surface area contributed by atoms with Crippen molar-refractivity contribution in [2.24, 2.45) is 0 Å². The summed E-state index contributed by atoms with van der Waals surface area (Å²) >= 11 is 0. The highest BCUT2D eigenvalue weighted by molar-refractivity contribution is 5.81. The third kappa shape index (κ3) is 8.21. The van der Waals surface area contributed by atoms with E-state index in [0.29, 0.717) is 0 Å². The molecule has 0 rings (SSSR count). The molecule has 0 heterocycles. The number of hydrogen-bond acceptors (Lipinski definition) is 5. The van der Waals surface area contributed by atoms with Crippen LogP contribution in [0.3, 0.4) is 0 Å². The molecule has 0 saturated carbocycles. The van der Waals surface area contributed by atoms with Crippen LogP contribution in [0.5, 0.6) is 0 Å². The lowest BCUT2D eigenvalue weighted by molar-refractivity contribution is -0.148. The molecule has 5 nitrogen and oxygen atoms in total. The van der Waals surface area contributed by atoms with Gasteiger partial charge in [0.15, 0.2) is 0 Å². The normalized spacial score (nSPS) is 13.3. The van der Waals surface area contributed by atoms with Gasteiger partial charge in [0.2, 0.25) is 0 Å². The molecule has 0 bridgehead atoms. The summed E-state index contributed by atoms with van der Waals surface area (Å²) in [4.78, 5) is 21.6. The second-order valence-corrected chi connectivity index (χ2v) is 3.43. The van der Waals surface area contributed by atoms with Gasteiger partial charge in [-0.15, -0.1) is 0 Å². The Balaban J connectivity index is 3.71. The van der Waals surface area contributed by atoms with Crippen LogP contribution < -0.4 is 0 Å². The van der Waals surface area contributed by atoms with Crippen LogP contribution >= 0.6 is 0 Å². The SMILES string of the molecule is C=CC(=O)OC[C@H](C)OC[C@@H](C)OC(=O)C=C. The number of rotatable bonds is 8. The second-order valence-electron chi connectivity index (χ2n) is 3.43. The summed E-state index contributed by atoms with van der Waals surface area (Å²) in [7, 11) is 0. The predicted octanol–water partition coefficient (Wildman–Crippen LogP) is 1.24. The van der Waals surface area contributed by atoms with Crippen molar-refractivity contribution in [3.05, 3.63) is 25.3 Å². The molecule has 0 fully saturated rings. The first-order valence-corrected chi connectivity index (χ1v) is 5.23. The van der Waals surface area contributed by atoms with Crippen molar-refractivity contribution in [1.82, 2.24) is 0 Å². The minimum absolute atomic E-state index is 0.132. The van der Waals surface area contributed by atoms with E-state index in [1.165, 1.54) is 0 Å². The van der Waals surface area contributed by atoms with Crippen molar-refractivity contribution in [3.8, 4) is 0 Å². The van der Waals surface area contributed by atoms with Crippen LogP contribution in [0.15, 0.2) is 25.3 Å². The van der Waals surface area contributed by atoms with Crippen molar-refractivity contribution < 1.29 is 23.8 Å². The average molecular weight is 242 g/mol. The maximum absolute atomic E-state index is 10.8. The second kappa shape index (κ2) is 8.52. The van der Waals surface area contributed by atoms with Gasteiger partial charge in [-0.1, -0.05) is 13.2 Å². The first-order chi connectivity index (χ1) is 7.99. The summed E-state index contributed by atoms with van der Waals surface area (Å²) in [6, 6.07) is 0. The van der Waals surface area contributed by atoms with Gasteiger partial charge >= 0.3 is 11.9 Å². The predicted molar refractivity (Wildman–Crippen MR) is 62.3 cm³/mol. The lowest BCUT2D eigenvalue weighted by Crippen LogP contribution is -2.25. The molecule has 0 unspecified atom stereocenters. The molecule has 0 aromatic rings. The van der Waals surface area contributed by atoms with Crippen molar-refractivity contribution >= 4 is 11.9 Å². The monoisotopic (exact) mass is 242 g/mol. The van der Waals surface area contributed by atoms with Crippen LogP contribution in [-0.4, -0.2) is 37.4 Å². The first kappa shape index (κ1) is 15.4. The van der Waals surface area contributed by atoms with Gasteiger partial charge in [0.1, 0.15) is 12.7 Å². The molecule has 0 amide bonds. The molecule has 0 aliphatic rings. The number of ether oxygens (including phenoxy) is 3. The lowest BCUT2D eigenvalue weighted by atomic mass is 10.4. The van der Waals surface area contributed by atoms with Crippen molar-refractivity contribution in [2.75, 3.05) is 13.2 Å². The minimum Gasteiger partial charge on any atom is -0.460 e. The molecule has 0 aliphatic carbocycles. The summed E-state index contributed by atoms with van der Waals surface area (Å²) in [6.07, 6.45) is 1.52. The highest BCUT2D eigenvalue weighted by Gasteiger charge is 2.10. The summed E-state index contributed by atoms with van der Waals surface area (Å²) in [6.45, 7) is 10.4. The minimum atomic E-state index is -0.494. The largest absolute Gasteiger partial charge is 0.460 e. The highest BCUT2D eigenvalue weighted by atomic mass is 16.6. The van der Waals surface area contributed by atoms with E-state index in [-0.39, 0.29) is 25.4 Å². The molecule has 17 heavy (non-hydrogen) atoms. The Bertz CT molecular complexity index is 285. The molecule has 0 radical (unpaired) electrons. The highest BCUT2D eigenvalue weighted by Crippen LogP contribution is 1.99. The van der Waals surface area contributed by atoms with E-state index in [1.807, 2.05) is 0 Å². The number of hydrogen-bond donors (Lipinski definition) is 0. The number of esters is 2. The zero-order valence-electron chi connectivity index (χ0n) is 10.2. The van der Waals surface area contributed by atoms with Crippen LogP contribution in [0, 0.1) is 0 Å². The molecule has 2 atom stereocenters. The fraction of sp³-hybridized carbons (Fsp3) is 0.500. The van der Waals surface area contributed by atoms with Crippen molar-refractivity contribution in [1.29, 1.82) is 0 Å². The van der Waals surface area contributed by atoms with Gasteiger partial charge in [-0.3, -0.25) is 0 Å². The van der Waals surface area contributed by atoms with Gasteiger partial charge in [0.25, 0.3) is 0 Å². The maximum atomic E-state index is 10.8. The Morgan fingerprint density at radius 2 is 1.65 bits per heavy atom. The smallest absolute Gasteiger partial charge is 0.330 e. The number of carbonyl (C=O) groups is 2. The van der Waals surface area contributed by atoms with Gasteiger partial charge < -0.3 is 14.2 Å². The van der Waals surface area contributed by atoms with Gasteiger partial charge in [-0.05, 0) is 13.8 Å². The fourth-order valence-electron chi connectivity index (χ4n) is 0.887. The molecule has 0 aromatic carbocycles. The Morgan fingerprint density at radius 3 is 2.18 bits per heavy atom. The molecule has 0 spiro atoms. The summed E-state index contributed by atoms with van der Waals surface area (Å²) in [5.41, 5.74) is 0. The van der Waals surface area contributed by atoms with Crippen LogP contribution in [-0.2, 0) is 23.8 Å². The fourth-order valence-corrected chi connectivity index (χ4v) is 0.887. The van der Waals surface area contributed by atoms with E-state index in [9.17, 15) is 9.59 Å². The van der Waals surface area contributed by atoms with Gasteiger partial charge in [0.05, 0.1) is 12.7 Å². The van der Waals surface area contributed by atoms with Gasteiger partial charge in [-0.2, -0.15) is 0 Å². The molecule has 0 aliphatic heterocycles. The topological polar surface area (TPSA) is 61.8 Å². The number of carbonyl (C=O) groups excluding carboxylic acids is 2. The quantitative estimate of drug-likeness (QED) is 0.473. The summed E-state index contributed by atoms with van der Waals surface area (Å²) < 4.78 is 15.0. The third-order valence-electron chi connectivity index (χ3n) is 1.73. The van der Waals surface area contributed by atoms with Gasteiger partial charge in [0, 0.05) is 12.2 Å². The van der Waals surface area contributed by atoms with Crippen LogP contribution in [0.2, 0.25) is 0 Å². The lowest BCUT2D eigenvalue weighted by Gasteiger charge is -2.16. The molecule has 96 valence electrons. The molecule has 5 heteroatoms. The van der Waals surface area contributed by atoms with Crippen LogP contribution in [0.1, 0.15) is 13.8 Å². The van der Waals surface area contributed by atoms with E-state index in [1.54, 1.807) is 13.8 Å². The zero-order chi connectivity index (χ0) is 13.3. The van der Waals surface area contributed by atoms with Crippen LogP contribution in [0.4, 0.5) is 0 Å². The Kier molecular flexibility index (Phi) is 7.71. The van der Waals surface area contributed by atoms with E-state index >= 15 is 0 Å². The van der Waals surface area contributed by atoms with Crippen molar-refractivity contribution in [3.63, 3.8) is 0 Å². The standard InChI is InChI=1S/C12H18O5/c1-5-11(13)16-7-9(3)15-8-10(4)17-12(14)6-2/h5-6,9-10H,1-2,7-8H2,3-4H3/t9-,10+/m0/s1. The first-order valence-electron chi connectivity index (χ1n) is 5.23. The summed E-state index contributed by atoms with van der Waals surface area (Å²) in [5.74, 6) is -0.988.